The van der Waals surface area contributed by atoms with Crippen molar-refractivity contribution in [1.29, 1.82) is 0 Å². The molecule has 94 valence electrons. The number of hydrogen-bond donors (Lipinski definition) is 2. The fraction of sp³-hybridized carbons (Fsp3) is 0.545. The number of rotatable bonds is 2. The molecular weight excluding hydrogens is 260 g/mol. The van der Waals surface area contributed by atoms with E-state index in [0.717, 1.165) is 5.56 Å². The van der Waals surface area contributed by atoms with Gasteiger partial charge >= 0.3 is 0 Å². The van der Waals surface area contributed by atoms with Crippen LogP contribution in [0.3, 0.4) is 0 Å². The third-order valence-corrected chi connectivity index (χ3v) is 4.75. The minimum Gasteiger partial charge on any atom is -0.390 e. The van der Waals surface area contributed by atoms with Crippen molar-refractivity contribution >= 4 is 28.8 Å². The highest BCUT2D eigenvalue weighted by molar-refractivity contribution is 7.13. The Kier molecular flexibility index (Phi) is 3.73. The largest absolute Gasteiger partial charge is 0.390 e. The Hall–Kier alpha value is -0.620. The predicted octanol–water partition coefficient (Wildman–Crippen LogP) is 1.11. The van der Waals surface area contributed by atoms with Crippen molar-refractivity contribution in [3.05, 3.63) is 20.8 Å². The van der Waals surface area contributed by atoms with Crippen LogP contribution in [-0.2, 0) is 0 Å². The summed E-state index contributed by atoms with van der Waals surface area (Å²) in [5.41, 5.74) is 0.915. The van der Waals surface area contributed by atoms with Crippen molar-refractivity contribution in [3.8, 4) is 0 Å². The highest BCUT2D eigenvalue weighted by atomic mass is 35.5. The molecule has 0 saturated carbocycles. The molecular formula is C11H15ClN2O2S. The first kappa shape index (κ1) is 12.8. The van der Waals surface area contributed by atoms with Gasteiger partial charge in [0.1, 0.15) is 4.88 Å². The summed E-state index contributed by atoms with van der Waals surface area (Å²) in [5.74, 6) is -0.124. The van der Waals surface area contributed by atoms with Crippen LogP contribution in [0, 0.1) is 6.92 Å². The summed E-state index contributed by atoms with van der Waals surface area (Å²) in [5, 5.41) is 15.2. The molecule has 1 saturated heterocycles. The summed E-state index contributed by atoms with van der Waals surface area (Å²) in [6.07, 6.45) is -0.510. The van der Waals surface area contributed by atoms with Crippen LogP contribution in [-0.4, -0.2) is 48.2 Å². The number of hydrogen-bond acceptors (Lipinski definition) is 4. The molecule has 1 aliphatic rings. The van der Waals surface area contributed by atoms with Crippen molar-refractivity contribution in [2.24, 2.45) is 0 Å². The van der Waals surface area contributed by atoms with Crippen LogP contribution >= 0.6 is 22.9 Å². The molecule has 2 N–H and O–H groups in total. The number of halogens is 1. The number of nitrogens with zero attached hydrogens (tertiary/aromatic N) is 1. The standard InChI is InChI=1S/C11H15ClN2O2S/c1-6-5-17-10(9(6)12)11(16)14(2)7-3-13-4-8(7)15/h5,7-8,13,15H,3-4H2,1-2H3/t7-,8-/m1/s1. The third kappa shape index (κ3) is 2.33. The Morgan fingerprint density at radius 1 is 1.65 bits per heavy atom. The van der Waals surface area contributed by atoms with Crippen molar-refractivity contribution in [1.82, 2.24) is 10.2 Å². The Morgan fingerprint density at radius 2 is 2.35 bits per heavy atom. The first-order valence-corrected chi connectivity index (χ1v) is 6.67. The summed E-state index contributed by atoms with van der Waals surface area (Å²) < 4.78 is 0. The first-order valence-electron chi connectivity index (χ1n) is 5.42. The number of aliphatic hydroxyl groups is 1. The molecule has 2 rings (SSSR count). The van der Waals surface area contributed by atoms with Gasteiger partial charge in [0.05, 0.1) is 17.2 Å². The number of aryl methyl sites for hydroxylation is 1. The highest BCUT2D eigenvalue weighted by Crippen LogP contribution is 2.28. The van der Waals surface area contributed by atoms with Crippen LogP contribution in [0.4, 0.5) is 0 Å². The van der Waals surface area contributed by atoms with Gasteiger partial charge in [-0.2, -0.15) is 0 Å². The zero-order valence-electron chi connectivity index (χ0n) is 9.74. The maximum absolute atomic E-state index is 12.2. The van der Waals surface area contributed by atoms with Crippen molar-refractivity contribution in [2.75, 3.05) is 20.1 Å². The Morgan fingerprint density at radius 3 is 2.82 bits per heavy atom. The molecule has 1 fully saturated rings. The number of β-amino-alcohol motifs (C(OH)–C–C–N with tert-alkyl or cyclic N) is 1. The average molecular weight is 275 g/mol. The van der Waals surface area contributed by atoms with E-state index < -0.39 is 6.10 Å². The van der Waals surface area contributed by atoms with Gasteiger partial charge in [0, 0.05) is 20.1 Å². The Bertz CT molecular complexity index is 435. The van der Waals surface area contributed by atoms with E-state index in [4.69, 9.17) is 11.6 Å². The SMILES string of the molecule is Cc1csc(C(=O)N(C)[C@@H]2CNC[C@H]2O)c1Cl. The number of thiophene rings is 1. The summed E-state index contributed by atoms with van der Waals surface area (Å²) in [4.78, 5) is 14.3. The van der Waals surface area contributed by atoms with Gasteiger partial charge in [0.2, 0.25) is 0 Å². The molecule has 0 unspecified atom stereocenters. The molecule has 0 aromatic carbocycles. The fourth-order valence-electron chi connectivity index (χ4n) is 1.93. The first-order chi connectivity index (χ1) is 8.02. The Labute approximate surface area is 109 Å². The molecule has 0 radical (unpaired) electrons. The molecule has 2 atom stereocenters. The van der Waals surface area contributed by atoms with Crippen molar-refractivity contribution in [3.63, 3.8) is 0 Å². The lowest BCUT2D eigenvalue weighted by molar-refractivity contribution is 0.0586. The molecule has 0 bridgehead atoms. The van der Waals surface area contributed by atoms with E-state index in [0.29, 0.717) is 23.0 Å². The second-order valence-electron chi connectivity index (χ2n) is 4.27. The van der Waals surface area contributed by atoms with Gasteiger partial charge in [-0.15, -0.1) is 11.3 Å². The minimum absolute atomic E-state index is 0.124. The molecule has 1 aliphatic heterocycles. The number of carbonyl (C=O) groups is 1. The van der Waals surface area contributed by atoms with Gasteiger partial charge in [-0.25, -0.2) is 0 Å². The number of nitrogens with one attached hydrogen (secondary N) is 1. The average Bonchev–Trinajstić information content (AvgIpc) is 2.86. The number of carbonyl (C=O) groups excluding carboxylic acids is 1. The molecule has 1 aromatic rings. The summed E-state index contributed by atoms with van der Waals surface area (Å²) in [7, 11) is 1.70. The highest BCUT2D eigenvalue weighted by Gasteiger charge is 2.32. The zero-order valence-corrected chi connectivity index (χ0v) is 11.3. The van der Waals surface area contributed by atoms with E-state index in [1.165, 1.54) is 11.3 Å². The van der Waals surface area contributed by atoms with Crippen LogP contribution in [0.5, 0.6) is 0 Å². The van der Waals surface area contributed by atoms with Gasteiger partial charge in [0.25, 0.3) is 5.91 Å². The van der Waals surface area contributed by atoms with Gasteiger partial charge in [-0.3, -0.25) is 4.79 Å². The molecule has 0 aliphatic carbocycles. The van der Waals surface area contributed by atoms with Crippen LogP contribution < -0.4 is 5.32 Å². The van der Waals surface area contributed by atoms with E-state index in [-0.39, 0.29) is 11.9 Å². The van der Waals surface area contributed by atoms with E-state index in [1.54, 1.807) is 11.9 Å². The lowest BCUT2D eigenvalue weighted by Gasteiger charge is -2.26. The zero-order chi connectivity index (χ0) is 12.6. The third-order valence-electron chi connectivity index (χ3n) is 3.06. The minimum atomic E-state index is -0.510. The molecule has 4 nitrogen and oxygen atoms in total. The van der Waals surface area contributed by atoms with Gasteiger partial charge in [-0.05, 0) is 17.9 Å². The normalized spacial score (nSPS) is 24.0. The number of likely N-dealkylation sites (N-methyl/N-ethyl adjacent to an activating group) is 1. The van der Waals surface area contributed by atoms with Gasteiger partial charge in [0.15, 0.2) is 0 Å². The number of aliphatic hydroxyl groups excluding tert-OH is 1. The monoisotopic (exact) mass is 274 g/mol. The molecule has 2 heterocycles. The van der Waals surface area contributed by atoms with E-state index in [9.17, 15) is 9.90 Å². The van der Waals surface area contributed by atoms with E-state index in [1.807, 2.05) is 12.3 Å². The topological polar surface area (TPSA) is 52.6 Å². The molecule has 1 aromatic heterocycles. The van der Waals surface area contributed by atoms with E-state index >= 15 is 0 Å². The van der Waals surface area contributed by atoms with Crippen molar-refractivity contribution in [2.45, 2.75) is 19.1 Å². The van der Waals surface area contributed by atoms with Crippen LogP contribution in [0.2, 0.25) is 5.02 Å². The molecule has 0 spiro atoms. The fourth-order valence-corrected chi connectivity index (χ4v) is 3.19. The van der Waals surface area contributed by atoms with Gasteiger partial charge in [-0.1, -0.05) is 11.6 Å². The smallest absolute Gasteiger partial charge is 0.265 e. The number of amides is 1. The summed E-state index contributed by atoms with van der Waals surface area (Å²) >= 11 is 7.42. The van der Waals surface area contributed by atoms with Crippen LogP contribution in [0.15, 0.2) is 5.38 Å². The maximum atomic E-state index is 12.2. The lowest BCUT2D eigenvalue weighted by atomic mass is 10.2. The molecule has 6 heteroatoms. The maximum Gasteiger partial charge on any atom is 0.265 e. The quantitative estimate of drug-likeness (QED) is 0.850. The predicted molar refractivity (Wildman–Crippen MR) is 68.8 cm³/mol. The Balaban J connectivity index is 2.17. The van der Waals surface area contributed by atoms with Gasteiger partial charge < -0.3 is 15.3 Å². The summed E-state index contributed by atoms with van der Waals surface area (Å²) in [6.45, 7) is 3.02. The second-order valence-corrected chi connectivity index (χ2v) is 5.53. The van der Waals surface area contributed by atoms with E-state index in [2.05, 4.69) is 5.32 Å². The second kappa shape index (κ2) is 4.94. The van der Waals surface area contributed by atoms with Crippen LogP contribution in [0.25, 0.3) is 0 Å². The van der Waals surface area contributed by atoms with Crippen molar-refractivity contribution < 1.29 is 9.90 Å². The molecule has 1 amide bonds. The summed E-state index contributed by atoms with van der Waals surface area (Å²) in [6, 6.07) is -0.180. The molecule has 17 heavy (non-hydrogen) atoms. The lowest BCUT2D eigenvalue weighted by Crippen LogP contribution is -2.44. The van der Waals surface area contributed by atoms with Crippen LogP contribution in [0.1, 0.15) is 15.2 Å².